The van der Waals surface area contributed by atoms with Crippen LogP contribution in [0.5, 0.6) is 0 Å². The molecule has 0 aliphatic heterocycles. The molecule has 1 atom stereocenters. The number of Topliss-reactive ketones (excluding diaryl/α,β-unsaturated/α-hetero) is 1. The number of aliphatic carboxylic acids is 1. The van der Waals surface area contributed by atoms with Gasteiger partial charge in [-0.2, -0.15) is 24.9 Å². The van der Waals surface area contributed by atoms with Gasteiger partial charge in [-0.25, -0.2) is 4.99 Å². The molecule has 8 heteroatoms. The minimum Gasteiger partial charge on any atom is -0.481 e. The number of carboxylic acid groups (broad SMARTS) is 1. The van der Waals surface area contributed by atoms with E-state index in [-0.39, 0.29) is 30.5 Å². The molecule has 0 spiro atoms. The van der Waals surface area contributed by atoms with E-state index in [1.54, 1.807) is 70.7 Å². The van der Waals surface area contributed by atoms with Crippen molar-refractivity contribution in [2.45, 2.75) is 68.5 Å². The minimum absolute atomic E-state index is 0. The largest absolute Gasteiger partial charge is 0.481 e. The van der Waals surface area contributed by atoms with E-state index >= 15 is 0 Å². The lowest BCUT2D eigenvalue weighted by molar-refractivity contribution is -0.141. The van der Waals surface area contributed by atoms with Gasteiger partial charge in [0, 0.05) is 6.92 Å². The van der Waals surface area contributed by atoms with Crippen molar-refractivity contribution in [3.05, 3.63) is 58.9 Å². The number of ketones is 1. The highest BCUT2D eigenvalue weighted by Gasteiger charge is 2.35. The normalized spacial score (nSPS) is 14.9. The Kier molecular flexibility index (Phi) is 20.3. The number of thioether (sulfide) groups is 1. The lowest BCUT2D eigenvalue weighted by atomic mass is 10.00. The molecule has 0 rings (SSSR count). The van der Waals surface area contributed by atoms with Crippen LogP contribution in [-0.2, 0) is 9.59 Å². The Morgan fingerprint density at radius 2 is 1.56 bits per heavy atom. The third-order valence-corrected chi connectivity index (χ3v) is 5.04. The third-order valence-electron chi connectivity index (χ3n) is 4.40. The van der Waals surface area contributed by atoms with E-state index in [9.17, 15) is 22.8 Å². The molecule has 0 fully saturated rings. The van der Waals surface area contributed by atoms with Gasteiger partial charge < -0.3 is 5.11 Å². The molecule has 0 bridgehead atoms. The fourth-order valence-corrected chi connectivity index (χ4v) is 3.01. The summed E-state index contributed by atoms with van der Waals surface area (Å²) in [5.41, 5.74) is -0.0137. The van der Waals surface area contributed by atoms with Gasteiger partial charge in [0.25, 0.3) is 0 Å². The predicted molar refractivity (Wildman–Crippen MR) is 141 cm³/mol. The zero-order valence-electron chi connectivity index (χ0n) is 20.7. The average molecular weight is 504 g/mol. The maximum absolute atomic E-state index is 13.5. The number of carbonyl (C=O) groups is 2. The number of carbonyl (C=O) groups excluding carboxylic acids is 1. The van der Waals surface area contributed by atoms with Crippen molar-refractivity contribution in [1.29, 1.82) is 0 Å². The Labute approximate surface area is 207 Å². The summed E-state index contributed by atoms with van der Waals surface area (Å²) in [5.74, 6) is -0.317. The molecule has 0 aromatic heterocycles. The maximum atomic E-state index is 13.5. The summed E-state index contributed by atoms with van der Waals surface area (Å²) >= 11 is 1.68. The first-order valence-electron chi connectivity index (χ1n) is 10.5. The van der Waals surface area contributed by atoms with Gasteiger partial charge in [0.15, 0.2) is 5.78 Å². The quantitative estimate of drug-likeness (QED) is 0.186. The lowest BCUT2D eigenvalue weighted by Gasteiger charge is -2.14. The molecular weight excluding hydrogens is 463 g/mol. The Bertz CT molecular complexity index is 833. The van der Waals surface area contributed by atoms with Gasteiger partial charge in [-0.1, -0.05) is 44.7 Å². The fourth-order valence-electron chi connectivity index (χ4n) is 2.42. The zero-order valence-corrected chi connectivity index (χ0v) is 21.5. The predicted octanol–water partition coefficient (Wildman–Crippen LogP) is 7.99. The summed E-state index contributed by atoms with van der Waals surface area (Å²) in [4.78, 5) is 25.4. The van der Waals surface area contributed by atoms with Crippen molar-refractivity contribution in [2.24, 2.45) is 10.9 Å². The number of allylic oxidation sites excluding steroid dienone is 10. The molecule has 0 aliphatic carbocycles. The lowest BCUT2D eigenvalue weighted by Crippen LogP contribution is -2.19. The van der Waals surface area contributed by atoms with Crippen LogP contribution in [0.3, 0.4) is 0 Å². The van der Waals surface area contributed by atoms with Crippen LogP contribution in [-0.4, -0.2) is 40.8 Å². The van der Waals surface area contributed by atoms with Gasteiger partial charge in [-0.3, -0.25) is 9.59 Å². The number of carboxylic acids is 1. The second-order valence-electron chi connectivity index (χ2n) is 6.99. The molecule has 0 radical (unpaired) electrons. The van der Waals surface area contributed by atoms with Crippen molar-refractivity contribution >= 4 is 29.2 Å². The van der Waals surface area contributed by atoms with Crippen molar-refractivity contribution in [2.75, 3.05) is 12.0 Å². The molecule has 0 amide bonds. The van der Waals surface area contributed by atoms with E-state index in [0.29, 0.717) is 11.1 Å². The molecule has 0 aromatic rings. The number of hydrogen-bond acceptors (Lipinski definition) is 4. The Morgan fingerprint density at radius 3 is 1.88 bits per heavy atom. The molecule has 194 valence electrons. The smallest absolute Gasteiger partial charge is 0.418 e. The standard InChI is InChI=1S/C19H24F3NO.C6H12O2S.CH4/c1-7-11-15(8-2)16(9-3)12-17(19(20,21)22)13(5)23-18(10-4)14(6)24;1-5(6(7)8)3-4-9-2;/h7-12H,1-6H3;5H,3-4H2,1-2H3,(H,7,8);1H4/b11-7-,15-8+,16-9+,17-12+,18-10-,23-13+;;. The molecule has 0 saturated carbocycles. The summed E-state index contributed by atoms with van der Waals surface area (Å²) in [7, 11) is 0. The second-order valence-corrected chi connectivity index (χ2v) is 7.98. The SMILES string of the molecule is C.CSCCC(C)C(=O)O.C\C=C/C(=C\C)C(=C/C)/C=C(\C(C)=N\C(=C/C)C(C)=O)C(F)(F)F. The van der Waals surface area contributed by atoms with Crippen LogP contribution in [0.15, 0.2) is 63.9 Å². The van der Waals surface area contributed by atoms with Gasteiger partial charge in [0.1, 0.15) is 5.70 Å². The van der Waals surface area contributed by atoms with Gasteiger partial charge in [0.05, 0.1) is 17.2 Å². The summed E-state index contributed by atoms with van der Waals surface area (Å²) in [6.07, 6.45) is 7.47. The molecule has 0 aromatic carbocycles. The van der Waals surface area contributed by atoms with E-state index in [0.717, 1.165) is 18.2 Å². The van der Waals surface area contributed by atoms with Crippen molar-refractivity contribution < 1.29 is 27.9 Å². The van der Waals surface area contributed by atoms with Gasteiger partial charge in [-0.15, -0.1) is 0 Å². The Hall–Kier alpha value is -2.35. The number of halogens is 3. The minimum atomic E-state index is -4.58. The molecule has 0 heterocycles. The number of rotatable bonds is 10. The van der Waals surface area contributed by atoms with Crippen molar-refractivity contribution in [3.63, 3.8) is 0 Å². The Balaban J connectivity index is -0.000000812. The third kappa shape index (κ3) is 14.7. The average Bonchev–Trinajstić information content (AvgIpc) is 2.74. The number of aliphatic imine (C=N–C) groups is 1. The van der Waals surface area contributed by atoms with E-state index in [1.165, 1.54) is 19.9 Å². The Morgan fingerprint density at radius 1 is 1.03 bits per heavy atom. The molecule has 34 heavy (non-hydrogen) atoms. The number of nitrogens with zero attached hydrogens (tertiary/aromatic N) is 1. The molecular formula is C26H40F3NO3S. The van der Waals surface area contributed by atoms with Crippen LogP contribution in [0.4, 0.5) is 13.2 Å². The molecule has 4 nitrogen and oxygen atoms in total. The topological polar surface area (TPSA) is 66.7 Å². The first-order chi connectivity index (χ1) is 15.3. The first-order valence-corrected chi connectivity index (χ1v) is 11.9. The zero-order chi connectivity index (χ0) is 26.2. The highest BCUT2D eigenvalue weighted by molar-refractivity contribution is 7.98. The maximum Gasteiger partial charge on any atom is 0.418 e. The van der Waals surface area contributed by atoms with Gasteiger partial charge >= 0.3 is 12.1 Å². The van der Waals surface area contributed by atoms with E-state index in [4.69, 9.17) is 5.11 Å². The summed E-state index contributed by atoms with van der Waals surface area (Å²) < 4.78 is 40.4. The van der Waals surface area contributed by atoms with Gasteiger partial charge in [0.2, 0.25) is 0 Å². The highest BCUT2D eigenvalue weighted by Crippen LogP contribution is 2.30. The van der Waals surface area contributed by atoms with Crippen LogP contribution in [0.25, 0.3) is 0 Å². The fraction of sp³-hybridized carbons (Fsp3) is 0.500. The summed E-state index contributed by atoms with van der Waals surface area (Å²) in [5, 5.41) is 8.40. The van der Waals surface area contributed by atoms with Crippen LogP contribution in [0, 0.1) is 5.92 Å². The molecule has 1 N–H and O–H groups in total. The molecule has 1 unspecified atom stereocenters. The highest BCUT2D eigenvalue weighted by atomic mass is 32.2. The molecule has 0 saturated heterocycles. The van der Waals surface area contributed by atoms with Crippen LogP contribution in [0.2, 0.25) is 0 Å². The van der Waals surface area contributed by atoms with Crippen molar-refractivity contribution in [1.82, 2.24) is 0 Å². The second kappa shape index (κ2) is 19.0. The first kappa shape index (κ1) is 36.2. The number of alkyl halides is 3. The van der Waals surface area contributed by atoms with Crippen LogP contribution in [0.1, 0.15) is 62.3 Å². The van der Waals surface area contributed by atoms with E-state index < -0.39 is 17.7 Å². The van der Waals surface area contributed by atoms with E-state index in [2.05, 4.69) is 4.99 Å². The van der Waals surface area contributed by atoms with Gasteiger partial charge in [-0.05, 0) is 70.3 Å². The van der Waals surface area contributed by atoms with Crippen molar-refractivity contribution in [3.8, 4) is 0 Å². The van der Waals surface area contributed by atoms with Crippen LogP contribution < -0.4 is 0 Å². The van der Waals surface area contributed by atoms with E-state index in [1.807, 2.05) is 6.26 Å². The summed E-state index contributed by atoms with van der Waals surface area (Å²) in [6, 6.07) is 0. The molecule has 0 aliphatic rings. The van der Waals surface area contributed by atoms with Crippen LogP contribution >= 0.6 is 11.8 Å². The monoisotopic (exact) mass is 503 g/mol. The summed E-state index contributed by atoms with van der Waals surface area (Å²) in [6.45, 7) is 11.0. The number of hydrogen-bond donors (Lipinski definition) is 1.